The van der Waals surface area contributed by atoms with Crippen LogP contribution in [0.5, 0.6) is 0 Å². The molecule has 0 aromatic carbocycles. The molecule has 3 rings (SSSR count). The summed E-state index contributed by atoms with van der Waals surface area (Å²) >= 11 is 0. The van der Waals surface area contributed by atoms with Crippen LogP contribution in [0.3, 0.4) is 0 Å². The van der Waals surface area contributed by atoms with Crippen molar-refractivity contribution in [3.8, 4) is 0 Å². The number of aromatic nitrogens is 2. The van der Waals surface area contributed by atoms with Crippen LogP contribution in [0.4, 0.5) is 0 Å². The molecular formula is C10H13N2O9P. The second-order valence-corrected chi connectivity index (χ2v) is 6.46. The highest BCUT2D eigenvalue weighted by molar-refractivity contribution is 7.52. The first-order chi connectivity index (χ1) is 10.3. The van der Waals surface area contributed by atoms with Gasteiger partial charge in [-0.15, -0.1) is 0 Å². The first-order valence-corrected chi connectivity index (χ1v) is 7.93. The number of rotatable bonds is 3. The van der Waals surface area contributed by atoms with Gasteiger partial charge in [0, 0.05) is 12.3 Å². The van der Waals surface area contributed by atoms with Crippen LogP contribution in [0.25, 0.3) is 0 Å². The van der Waals surface area contributed by atoms with Gasteiger partial charge in [-0.25, -0.2) is 4.79 Å². The van der Waals surface area contributed by atoms with Crippen LogP contribution in [-0.4, -0.2) is 55.4 Å². The van der Waals surface area contributed by atoms with Gasteiger partial charge >= 0.3 is 13.3 Å². The summed E-state index contributed by atoms with van der Waals surface area (Å²) < 4.78 is 27.9. The number of aliphatic hydroxyl groups excluding tert-OH is 1. The van der Waals surface area contributed by atoms with E-state index in [1.54, 1.807) is 0 Å². The quantitative estimate of drug-likeness (QED) is 0.444. The Morgan fingerprint density at radius 2 is 1.91 bits per heavy atom. The number of aromatic amines is 1. The number of nitrogens with zero attached hydrogens (tertiary/aromatic N) is 1. The van der Waals surface area contributed by atoms with Crippen molar-refractivity contribution in [2.45, 2.75) is 30.6 Å². The molecule has 2 saturated heterocycles. The molecule has 0 spiro atoms. The average Bonchev–Trinajstić information content (AvgIpc) is 2.97. The topological polar surface area (TPSA) is 160 Å². The number of aliphatic hydroxyl groups is 1. The molecule has 4 N–H and O–H groups in total. The van der Waals surface area contributed by atoms with Gasteiger partial charge in [0.15, 0.2) is 6.23 Å². The van der Waals surface area contributed by atoms with Crippen molar-refractivity contribution in [2.75, 3.05) is 6.61 Å². The van der Waals surface area contributed by atoms with Gasteiger partial charge < -0.3 is 29.1 Å². The van der Waals surface area contributed by atoms with Crippen LogP contribution >= 0.6 is 7.60 Å². The van der Waals surface area contributed by atoms with Crippen LogP contribution in [-0.2, 0) is 18.8 Å². The molecule has 2 fully saturated rings. The Hall–Kier alpha value is -1.33. The lowest BCUT2D eigenvalue weighted by atomic mass is 10.1. The van der Waals surface area contributed by atoms with Crippen LogP contribution < -0.4 is 11.2 Å². The molecule has 2 aliphatic heterocycles. The van der Waals surface area contributed by atoms with E-state index < -0.39 is 56.0 Å². The summed E-state index contributed by atoms with van der Waals surface area (Å²) in [6.45, 7) is -0.493. The number of ether oxygens (including phenoxy) is 3. The van der Waals surface area contributed by atoms with Gasteiger partial charge in [0.05, 0.1) is 6.61 Å². The van der Waals surface area contributed by atoms with E-state index in [0.29, 0.717) is 0 Å². The number of hydrogen-bond donors (Lipinski definition) is 4. The highest BCUT2D eigenvalue weighted by Crippen LogP contribution is 2.51. The normalized spacial score (nSPS) is 34.8. The number of nitrogens with one attached hydrogen (secondary N) is 1. The van der Waals surface area contributed by atoms with Gasteiger partial charge in [-0.05, 0) is 0 Å². The van der Waals surface area contributed by atoms with Crippen LogP contribution in [0, 0.1) is 0 Å². The van der Waals surface area contributed by atoms with Crippen molar-refractivity contribution in [1.82, 2.24) is 9.55 Å². The van der Waals surface area contributed by atoms with Gasteiger partial charge in [-0.3, -0.25) is 18.9 Å². The largest absolute Gasteiger partial charge is 0.394 e. The van der Waals surface area contributed by atoms with Gasteiger partial charge in [0.1, 0.15) is 18.3 Å². The molecule has 12 heteroatoms. The third kappa shape index (κ3) is 2.57. The maximum Gasteiger partial charge on any atom is 0.381 e. The molecule has 0 bridgehead atoms. The summed E-state index contributed by atoms with van der Waals surface area (Å²) in [5, 5.41) is 9.28. The molecule has 122 valence electrons. The Kier molecular flexibility index (Phi) is 3.81. The molecule has 11 nitrogen and oxygen atoms in total. The monoisotopic (exact) mass is 336 g/mol. The second-order valence-electron chi connectivity index (χ2n) is 4.86. The summed E-state index contributed by atoms with van der Waals surface area (Å²) in [5.74, 6) is 0. The number of H-pyrrole nitrogens is 1. The Morgan fingerprint density at radius 1 is 1.23 bits per heavy atom. The maximum atomic E-state index is 11.8. The number of fused-ring (bicyclic) bond motifs is 1. The van der Waals surface area contributed by atoms with Crippen LogP contribution in [0.1, 0.15) is 6.23 Å². The molecule has 0 radical (unpaired) electrons. The smallest absolute Gasteiger partial charge is 0.381 e. The van der Waals surface area contributed by atoms with Gasteiger partial charge in [0.2, 0.25) is 0 Å². The zero-order valence-electron chi connectivity index (χ0n) is 10.9. The lowest BCUT2D eigenvalue weighted by Gasteiger charge is -2.20. The Balaban J connectivity index is 1.95. The van der Waals surface area contributed by atoms with Gasteiger partial charge in [-0.1, -0.05) is 0 Å². The van der Waals surface area contributed by atoms with E-state index in [9.17, 15) is 19.3 Å². The summed E-state index contributed by atoms with van der Waals surface area (Å²) in [4.78, 5) is 43.2. The fraction of sp³-hybridized carbons (Fsp3) is 0.600. The first kappa shape index (κ1) is 15.6. The van der Waals surface area contributed by atoms with Crippen LogP contribution in [0.15, 0.2) is 21.9 Å². The molecule has 5 atom stereocenters. The van der Waals surface area contributed by atoms with Gasteiger partial charge in [0.25, 0.3) is 11.6 Å². The lowest BCUT2D eigenvalue weighted by molar-refractivity contribution is -0.130. The molecule has 0 aliphatic carbocycles. The Morgan fingerprint density at radius 3 is 2.50 bits per heavy atom. The highest BCUT2D eigenvalue weighted by Gasteiger charge is 2.57. The Bertz CT molecular complexity index is 724. The molecule has 22 heavy (non-hydrogen) atoms. The average molecular weight is 336 g/mol. The fourth-order valence-electron chi connectivity index (χ4n) is 2.48. The van der Waals surface area contributed by atoms with E-state index in [-0.39, 0.29) is 0 Å². The zero-order valence-corrected chi connectivity index (χ0v) is 11.8. The van der Waals surface area contributed by atoms with E-state index in [1.807, 2.05) is 4.98 Å². The molecule has 2 aliphatic rings. The van der Waals surface area contributed by atoms with E-state index >= 15 is 0 Å². The Labute approximate surface area is 122 Å². The molecule has 0 saturated carbocycles. The van der Waals surface area contributed by atoms with Crippen molar-refractivity contribution < 1.29 is 33.7 Å². The molecule has 0 amide bonds. The number of hydrogen-bond acceptors (Lipinski definition) is 7. The van der Waals surface area contributed by atoms with Crippen molar-refractivity contribution in [3.63, 3.8) is 0 Å². The maximum absolute atomic E-state index is 11.8. The SMILES string of the molecule is O=c1ccn([C@@H]2O[C@H](CO)[C@H]3OC(P(=O)(O)O)O[C@H]32)c(=O)[nH]1. The van der Waals surface area contributed by atoms with E-state index in [2.05, 4.69) is 0 Å². The fourth-order valence-corrected chi connectivity index (χ4v) is 3.07. The minimum absolute atomic E-state index is 0.493. The summed E-state index contributed by atoms with van der Waals surface area (Å²) in [7, 11) is -4.67. The van der Waals surface area contributed by atoms with Crippen molar-refractivity contribution >= 4 is 7.60 Å². The van der Waals surface area contributed by atoms with E-state index in [0.717, 1.165) is 16.8 Å². The zero-order chi connectivity index (χ0) is 16.1. The van der Waals surface area contributed by atoms with Gasteiger partial charge in [-0.2, -0.15) is 0 Å². The standard InChI is InChI=1S/C10H13N2O9P/c13-3-4-6-7(21-10(20-6)22(16,17)18)8(19-4)12-2-1-5(14)11-9(12)15/h1-2,4,6-8,10,13H,3H2,(H,11,14,15)(H2,16,17,18)/t4-,6-,7-,8-,10?/m1/s1. The third-order valence-corrected chi connectivity index (χ3v) is 4.21. The summed E-state index contributed by atoms with van der Waals surface area (Å²) in [6.07, 6.45) is -2.82. The van der Waals surface area contributed by atoms with E-state index in [1.165, 1.54) is 0 Å². The molecule has 1 aromatic heterocycles. The minimum atomic E-state index is -4.67. The molecule has 3 heterocycles. The predicted molar refractivity (Wildman–Crippen MR) is 67.9 cm³/mol. The minimum Gasteiger partial charge on any atom is -0.394 e. The molecule has 1 aromatic rings. The first-order valence-electron chi connectivity index (χ1n) is 6.25. The van der Waals surface area contributed by atoms with E-state index in [4.69, 9.17) is 24.0 Å². The third-order valence-electron chi connectivity index (χ3n) is 3.41. The predicted octanol–water partition coefficient (Wildman–Crippen LogP) is -2.33. The van der Waals surface area contributed by atoms with Crippen molar-refractivity contribution in [2.24, 2.45) is 0 Å². The second kappa shape index (κ2) is 5.39. The van der Waals surface area contributed by atoms with Crippen molar-refractivity contribution in [3.05, 3.63) is 33.1 Å². The summed E-state index contributed by atoms with van der Waals surface area (Å²) in [6, 6.07) is -0.705. The molecule has 1 unspecified atom stereocenters. The summed E-state index contributed by atoms with van der Waals surface area (Å²) in [5.41, 5.74) is -1.38. The van der Waals surface area contributed by atoms with Crippen LogP contribution in [0.2, 0.25) is 0 Å². The van der Waals surface area contributed by atoms with Crippen molar-refractivity contribution in [1.29, 1.82) is 0 Å². The lowest BCUT2D eigenvalue weighted by Crippen LogP contribution is -2.36. The highest BCUT2D eigenvalue weighted by atomic mass is 31.2. The molecular weight excluding hydrogens is 323 g/mol.